The molecule has 2 atom stereocenters. The molecule has 0 bridgehead atoms. The molecule has 0 amide bonds. The lowest BCUT2D eigenvalue weighted by atomic mass is 9.91. The van der Waals surface area contributed by atoms with Crippen molar-refractivity contribution in [2.45, 2.75) is 33.2 Å². The Bertz CT molecular complexity index is 309. The SMILES string of the molecule is CCC(C)C(N)c1cc(Br)ccc1C. The van der Waals surface area contributed by atoms with Crippen molar-refractivity contribution in [1.29, 1.82) is 0 Å². The van der Waals surface area contributed by atoms with E-state index in [2.05, 4.69) is 54.9 Å². The van der Waals surface area contributed by atoms with Crippen molar-refractivity contribution in [3.8, 4) is 0 Å². The molecule has 1 rings (SSSR count). The molecule has 1 aromatic carbocycles. The Labute approximate surface area is 94.8 Å². The van der Waals surface area contributed by atoms with E-state index in [1.165, 1.54) is 11.1 Å². The minimum atomic E-state index is 0.150. The van der Waals surface area contributed by atoms with E-state index in [1.807, 2.05) is 0 Å². The molecule has 0 fully saturated rings. The zero-order chi connectivity index (χ0) is 10.7. The average molecular weight is 256 g/mol. The molecular weight excluding hydrogens is 238 g/mol. The number of nitrogens with two attached hydrogens (primary N) is 1. The van der Waals surface area contributed by atoms with Gasteiger partial charge in [-0.1, -0.05) is 42.3 Å². The maximum atomic E-state index is 6.20. The van der Waals surface area contributed by atoms with Gasteiger partial charge in [0.05, 0.1) is 0 Å². The molecule has 0 radical (unpaired) electrons. The second-order valence-corrected chi connectivity index (χ2v) is 4.83. The zero-order valence-corrected chi connectivity index (χ0v) is 10.6. The van der Waals surface area contributed by atoms with E-state index in [0.717, 1.165) is 10.9 Å². The Morgan fingerprint density at radius 2 is 2.07 bits per heavy atom. The molecule has 0 aliphatic carbocycles. The molecule has 1 nitrogen and oxygen atoms in total. The third-order valence-corrected chi connectivity index (χ3v) is 3.35. The van der Waals surface area contributed by atoms with E-state index >= 15 is 0 Å². The minimum Gasteiger partial charge on any atom is -0.324 e. The highest BCUT2D eigenvalue weighted by atomic mass is 79.9. The van der Waals surface area contributed by atoms with E-state index in [9.17, 15) is 0 Å². The van der Waals surface area contributed by atoms with Crippen molar-refractivity contribution < 1.29 is 0 Å². The topological polar surface area (TPSA) is 26.0 Å². The van der Waals surface area contributed by atoms with Crippen molar-refractivity contribution in [3.05, 3.63) is 33.8 Å². The minimum absolute atomic E-state index is 0.150. The molecule has 0 aliphatic rings. The van der Waals surface area contributed by atoms with Crippen LogP contribution in [-0.2, 0) is 0 Å². The molecule has 1 aromatic rings. The largest absolute Gasteiger partial charge is 0.324 e. The first kappa shape index (κ1) is 11.7. The van der Waals surface area contributed by atoms with E-state index in [1.54, 1.807) is 0 Å². The van der Waals surface area contributed by atoms with Crippen LogP contribution in [0.15, 0.2) is 22.7 Å². The summed E-state index contributed by atoms with van der Waals surface area (Å²) in [7, 11) is 0. The summed E-state index contributed by atoms with van der Waals surface area (Å²) in [4.78, 5) is 0. The second kappa shape index (κ2) is 4.94. The van der Waals surface area contributed by atoms with E-state index < -0.39 is 0 Å². The third-order valence-electron chi connectivity index (χ3n) is 2.86. The summed E-state index contributed by atoms with van der Waals surface area (Å²) in [6.45, 7) is 6.49. The number of hydrogen-bond acceptors (Lipinski definition) is 1. The number of rotatable bonds is 3. The number of aryl methyl sites for hydroxylation is 1. The molecule has 2 N–H and O–H groups in total. The molecule has 0 saturated heterocycles. The maximum Gasteiger partial charge on any atom is 0.0323 e. The highest BCUT2D eigenvalue weighted by molar-refractivity contribution is 9.10. The molecule has 2 heteroatoms. The van der Waals surface area contributed by atoms with Crippen molar-refractivity contribution >= 4 is 15.9 Å². The average Bonchev–Trinajstić information content (AvgIpc) is 2.19. The van der Waals surface area contributed by atoms with Gasteiger partial charge in [-0.2, -0.15) is 0 Å². The van der Waals surface area contributed by atoms with Crippen LogP contribution in [0.3, 0.4) is 0 Å². The van der Waals surface area contributed by atoms with E-state index in [4.69, 9.17) is 5.73 Å². The second-order valence-electron chi connectivity index (χ2n) is 3.91. The first-order chi connectivity index (χ1) is 6.56. The maximum absolute atomic E-state index is 6.20. The van der Waals surface area contributed by atoms with Crippen LogP contribution in [-0.4, -0.2) is 0 Å². The summed E-state index contributed by atoms with van der Waals surface area (Å²) in [5.41, 5.74) is 8.73. The first-order valence-electron chi connectivity index (χ1n) is 5.08. The third kappa shape index (κ3) is 2.58. The van der Waals surface area contributed by atoms with Gasteiger partial charge >= 0.3 is 0 Å². The van der Waals surface area contributed by atoms with Crippen LogP contribution < -0.4 is 5.73 Å². The Hall–Kier alpha value is -0.340. The molecular formula is C12H18BrN. The summed E-state index contributed by atoms with van der Waals surface area (Å²) >= 11 is 3.48. The number of hydrogen-bond donors (Lipinski definition) is 1. The Morgan fingerprint density at radius 1 is 1.43 bits per heavy atom. The van der Waals surface area contributed by atoms with Gasteiger partial charge in [0.1, 0.15) is 0 Å². The normalized spacial score (nSPS) is 15.2. The van der Waals surface area contributed by atoms with Crippen LogP contribution in [0.25, 0.3) is 0 Å². The van der Waals surface area contributed by atoms with Gasteiger partial charge in [-0.25, -0.2) is 0 Å². The van der Waals surface area contributed by atoms with Gasteiger partial charge in [-0.3, -0.25) is 0 Å². The summed E-state index contributed by atoms with van der Waals surface area (Å²) in [5.74, 6) is 0.531. The molecule has 0 heterocycles. The van der Waals surface area contributed by atoms with Gasteiger partial charge in [0.15, 0.2) is 0 Å². The first-order valence-corrected chi connectivity index (χ1v) is 5.87. The molecule has 78 valence electrons. The van der Waals surface area contributed by atoms with Gasteiger partial charge in [0.2, 0.25) is 0 Å². The van der Waals surface area contributed by atoms with Gasteiger partial charge in [-0.15, -0.1) is 0 Å². The predicted molar refractivity (Wildman–Crippen MR) is 65.3 cm³/mol. The summed E-state index contributed by atoms with van der Waals surface area (Å²) < 4.78 is 1.11. The summed E-state index contributed by atoms with van der Waals surface area (Å²) in [6, 6.07) is 6.45. The zero-order valence-electron chi connectivity index (χ0n) is 9.05. The standard InChI is InChI=1S/C12H18BrN/c1-4-8(2)12(14)11-7-10(13)6-5-9(11)3/h5-8,12H,4,14H2,1-3H3. The lowest BCUT2D eigenvalue weighted by Crippen LogP contribution is -2.19. The quantitative estimate of drug-likeness (QED) is 0.874. The van der Waals surface area contributed by atoms with Crippen molar-refractivity contribution in [2.75, 3.05) is 0 Å². The fraction of sp³-hybridized carbons (Fsp3) is 0.500. The van der Waals surface area contributed by atoms with Crippen LogP contribution >= 0.6 is 15.9 Å². The van der Waals surface area contributed by atoms with E-state index in [0.29, 0.717) is 5.92 Å². The Balaban J connectivity index is 2.99. The van der Waals surface area contributed by atoms with Crippen molar-refractivity contribution in [2.24, 2.45) is 11.7 Å². The monoisotopic (exact) mass is 255 g/mol. The molecule has 2 unspecified atom stereocenters. The molecule has 0 aromatic heterocycles. The number of benzene rings is 1. The number of halogens is 1. The van der Waals surface area contributed by atoms with Crippen molar-refractivity contribution in [3.63, 3.8) is 0 Å². The van der Waals surface area contributed by atoms with Crippen LogP contribution in [0.1, 0.15) is 37.4 Å². The van der Waals surface area contributed by atoms with Gasteiger partial charge < -0.3 is 5.73 Å². The van der Waals surface area contributed by atoms with Gasteiger partial charge in [0, 0.05) is 10.5 Å². The van der Waals surface area contributed by atoms with Gasteiger partial charge in [0.25, 0.3) is 0 Å². The van der Waals surface area contributed by atoms with E-state index in [-0.39, 0.29) is 6.04 Å². The van der Waals surface area contributed by atoms with Crippen LogP contribution in [0.5, 0.6) is 0 Å². The predicted octanol–water partition coefficient (Wildman–Crippen LogP) is 3.80. The molecule has 0 aliphatic heterocycles. The van der Waals surface area contributed by atoms with Crippen LogP contribution in [0.2, 0.25) is 0 Å². The fourth-order valence-corrected chi connectivity index (χ4v) is 1.91. The molecule has 0 spiro atoms. The molecule has 14 heavy (non-hydrogen) atoms. The lowest BCUT2D eigenvalue weighted by molar-refractivity contribution is 0.455. The smallest absolute Gasteiger partial charge is 0.0323 e. The highest BCUT2D eigenvalue weighted by Crippen LogP contribution is 2.26. The Morgan fingerprint density at radius 3 is 2.64 bits per heavy atom. The van der Waals surface area contributed by atoms with Crippen molar-refractivity contribution in [1.82, 2.24) is 0 Å². The summed E-state index contributed by atoms with van der Waals surface area (Å²) in [5, 5.41) is 0. The molecule has 0 saturated carbocycles. The summed E-state index contributed by atoms with van der Waals surface area (Å²) in [6.07, 6.45) is 1.12. The fourth-order valence-electron chi connectivity index (χ4n) is 1.53. The highest BCUT2D eigenvalue weighted by Gasteiger charge is 2.15. The lowest BCUT2D eigenvalue weighted by Gasteiger charge is -2.20. The van der Waals surface area contributed by atoms with Gasteiger partial charge in [-0.05, 0) is 36.1 Å². The Kier molecular flexibility index (Phi) is 4.14. The van der Waals surface area contributed by atoms with Crippen LogP contribution in [0, 0.1) is 12.8 Å². The van der Waals surface area contributed by atoms with Crippen LogP contribution in [0.4, 0.5) is 0 Å².